The maximum atomic E-state index is 13.9. The number of carboxylic acids is 1. The van der Waals surface area contributed by atoms with Crippen LogP contribution < -0.4 is 4.90 Å². The second-order valence-electron chi connectivity index (χ2n) is 10.9. The zero-order chi connectivity index (χ0) is 29.8. The summed E-state index contributed by atoms with van der Waals surface area (Å²) < 4.78 is 57.3. The number of anilines is 1. The summed E-state index contributed by atoms with van der Waals surface area (Å²) in [7, 11) is -3.86. The molecule has 220 valence electrons. The van der Waals surface area contributed by atoms with E-state index in [1.807, 2.05) is 25.1 Å². The van der Waals surface area contributed by atoms with Crippen LogP contribution in [0.25, 0.3) is 5.65 Å². The number of aryl methyl sites for hydroxylation is 2. The second kappa shape index (κ2) is 10.7. The fraction of sp³-hybridized carbons (Fsp3) is 0.379. The van der Waals surface area contributed by atoms with E-state index in [0.29, 0.717) is 29.1 Å². The van der Waals surface area contributed by atoms with E-state index in [9.17, 15) is 27.1 Å². The highest BCUT2D eigenvalue weighted by Crippen LogP contribution is 2.38. The van der Waals surface area contributed by atoms with Crippen molar-refractivity contribution in [1.82, 2.24) is 23.9 Å². The van der Waals surface area contributed by atoms with E-state index in [-0.39, 0.29) is 29.6 Å². The van der Waals surface area contributed by atoms with Crippen LogP contribution in [-0.2, 0) is 21.4 Å². The number of rotatable bonds is 7. The number of alkyl halides is 2. The minimum atomic E-state index is -3.86. The monoisotopic (exact) mass is 596 g/mol. The molecule has 0 unspecified atom stereocenters. The van der Waals surface area contributed by atoms with Gasteiger partial charge in [-0.3, -0.25) is 9.20 Å². The molecule has 0 radical (unpaired) electrons. The summed E-state index contributed by atoms with van der Waals surface area (Å²) in [5.41, 5.74) is 3.70. The van der Waals surface area contributed by atoms with Gasteiger partial charge in [0.25, 0.3) is 6.43 Å². The average molecular weight is 597 g/mol. The van der Waals surface area contributed by atoms with Crippen molar-refractivity contribution >= 4 is 27.5 Å². The Hall–Kier alpha value is -3.97. The molecule has 3 aromatic heterocycles. The number of aromatic nitrogens is 4. The van der Waals surface area contributed by atoms with Crippen LogP contribution in [0.5, 0.6) is 0 Å². The van der Waals surface area contributed by atoms with E-state index in [4.69, 9.17) is 0 Å². The summed E-state index contributed by atoms with van der Waals surface area (Å²) in [5, 5.41) is 17.4. The van der Waals surface area contributed by atoms with Gasteiger partial charge in [-0.15, -0.1) is 10.2 Å². The van der Waals surface area contributed by atoms with Crippen LogP contribution >= 0.6 is 0 Å². The number of sulfonamides is 1. The first-order chi connectivity index (χ1) is 20.1. The van der Waals surface area contributed by atoms with Gasteiger partial charge in [0.15, 0.2) is 5.65 Å². The van der Waals surface area contributed by atoms with Gasteiger partial charge in [-0.2, -0.15) is 4.31 Å². The van der Waals surface area contributed by atoms with E-state index >= 15 is 0 Å². The third-order valence-corrected chi connectivity index (χ3v) is 10.2. The number of benzene rings is 1. The lowest BCUT2D eigenvalue weighted by Crippen LogP contribution is -2.39. The normalized spacial score (nSPS) is 19.1. The van der Waals surface area contributed by atoms with Crippen molar-refractivity contribution in [3.05, 3.63) is 82.4 Å². The fourth-order valence-corrected chi connectivity index (χ4v) is 7.82. The number of nitrogens with zero attached hydrogens (tertiary/aromatic N) is 6. The molecule has 1 saturated heterocycles. The number of fused-ring (bicyclic) bond motifs is 4. The van der Waals surface area contributed by atoms with E-state index in [2.05, 4.69) is 20.1 Å². The van der Waals surface area contributed by atoms with Crippen LogP contribution in [0, 0.1) is 13.8 Å². The highest BCUT2D eigenvalue weighted by molar-refractivity contribution is 7.89. The van der Waals surface area contributed by atoms with Gasteiger partial charge in [0.05, 0.1) is 6.42 Å². The molecule has 1 N–H and O–H groups in total. The van der Waals surface area contributed by atoms with Crippen LogP contribution in [0.3, 0.4) is 0 Å². The maximum absolute atomic E-state index is 13.9. The Morgan fingerprint density at radius 3 is 2.74 bits per heavy atom. The van der Waals surface area contributed by atoms with Crippen LogP contribution in [0.15, 0.2) is 53.7 Å². The number of carboxylic acid groups (broad SMARTS) is 1. The Bertz CT molecular complexity index is 1790. The third kappa shape index (κ3) is 4.79. The van der Waals surface area contributed by atoms with Crippen LogP contribution in [0.2, 0.25) is 0 Å². The molecule has 6 rings (SSSR count). The van der Waals surface area contributed by atoms with Gasteiger partial charge >= 0.3 is 5.97 Å². The number of hydrogen-bond donors (Lipinski definition) is 1. The molecule has 2 atom stereocenters. The zero-order valence-corrected chi connectivity index (χ0v) is 23.9. The molecule has 0 bridgehead atoms. The van der Waals surface area contributed by atoms with Gasteiger partial charge in [0, 0.05) is 44.0 Å². The van der Waals surface area contributed by atoms with E-state index in [1.165, 1.54) is 14.9 Å². The quantitative estimate of drug-likeness (QED) is 0.332. The molecule has 4 aromatic rings. The van der Waals surface area contributed by atoms with Crippen LogP contribution in [-0.4, -0.2) is 62.5 Å². The summed E-state index contributed by atoms with van der Waals surface area (Å²) in [5.74, 6) is -1.65. The molecule has 2 aliphatic rings. The highest BCUT2D eigenvalue weighted by Gasteiger charge is 2.40. The van der Waals surface area contributed by atoms with E-state index < -0.39 is 34.2 Å². The summed E-state index contributed by atoms with van der Waals surface area (Å²) in [6.45, 7) is 4.78. The first-order valence-corrected chi connectivity index (χ1v) is 15.2. The molecule has 1 aromatic carbocycles. The van der Waals surface area contributed by atoms with Crippen LogP contribution in [0.1, 0.15) is 65.2 Å². The summed E-state index contributed by atoms with van der Waals surface area (Å²) in [6.07, 6.45) is 1.80. The first-order valence-electron chi connectivity index (χ1n) is 13.7. The molecule has 13 heteroatoms. The molecule has 1 fully saturated rings. The first kappa shape index (κ1) is 28.2. The minimum Gasteiger partial charge on any atom is -0.481 e. The molecule has 2 aliphatic heterocycles. The lowest BCUT2D eigenvalue weighted by Gasteiger charge is -2.26. The molecular weight excluding hydrogens is 566 g/mol. The van der Waals surface area contributed by atoms with Crippen molar-refractivity contribution in [2.45, 2.75) is 62.9 Å². The van der Waals surface area contributed by atoms with Gasteiger partial charge < -0.3 is 10.0 Å². The number of hydrogen-bond acceptors (Lipinski definition) is 7. The summed E-state index contributed by atoms with van der Waals surface area (Å²) in [4.78, 5) is 18.7. The lowest BCUT2D eigenvalue weighted by atomic mass is 9.85. The highest BCUT2D eigenvalue weighted by atomic mass is 32.2. The SMILES string of the molecule is Cc1ccc([C@H](CC(=O)O)c2ccn3c(C(F)F)nnc3c2C)cc1CN1C[C@H]2CCCN2c2ncccc2S1(=O)=O. The molecule has 0 amide bonds. The molecule has 0 spiro atoms. The Labute approximate surface area is 241 Å². The summed E-state index contributed by atoms with van der Waals surface area (Å²) in [6, 6.07) is 10.4. The standard InChI is InChI=1S/C29H30F2N6O4S/c1-17-7-8-19(23(14-25(38)39)22-9-12-37-27(18(22)2)33-34-29(37)26(30)31)13-20(17)15-35-16-21-5-4-11-36(21)28-24(42(35,40)41)6-3-10-32-28/h3,6-10,12-13,21,23,26H,4-5,11,14-16H2,1-2H3,(H,38,39)/t21-,23+/m1/s1. The Balaban J connectivity index is 1.40. The van der Waals surface area contributed by atoms with Gasteiger partial charge in [-0.25, -0.2) is 22.2 Å². The fourth-order valence-electron chi connectivity index (χ4n) is 6.22. The number of aliphatic carboxylic acids is 1. The second-order valence-corrected chi connectivity index (χ2v) is 12.8. The van der Waals surface area contributed by atoms with Gasteiger partial charge in [-0.1, -0.05) is 18.2 Å². The van der Waals surface area contributed by atoms with Crippen molar-refractivity contribution in [2.75, 3.05) is 18.0 Å². The molecule has 0 saturated carbocycles. The number of carbonyl (C=O) groups is 1. The lowest BCUT2D eigenvalue weighted by molar-refractivity contribution is -0.137. The average Bonchev–Trinajstić information content (AvgIpc) is 3.59. The molecule has 5 heterocycles. The Kier molecular flexibility index (Phi) is 7.17. The van der Waals surface area contributed by atoms with Crippen LogP contribution in [0.4, 0.5) is 14.6 Å². The predicted molar refractivity (Wildman–Crippen MR) is 150 cm³/mol. The van der Waals surface area contributed by atoms with Gasteiger partial charge in [0.2, 0.25) is 15.8 Å². The van der Waals surface area contributed by atoms with Crippen molar-refractivity contribution in [3.63, 3.8) is 0 Å². The van der Waals surface area contributed by atoms with Crippen molar-refractivity contribution < 1.29 is 27.1 Å². The van der Waals surface area contributed by atoms with Gasteiger partial charge in [-0.05, 0) is 72.7 Å². The zero-order valence-electron chi connectivity index (χ0n) is 23.1. The van der Waals surface area contributed by atoms with Crippen molar-refractivity contribution in [1.29, 1.82) is 0 Å². The molecule has 0 aliphatic carbocycles. The number of halogens is 2. The largest absolute Gasteiger partial charge is 0.481 e. The minimum absolute atomic E-state index is 0.00911. The predicted octanol–water partition coefficient (Wildman–Crippen LogP) is 4.46. The maximum Gasteiger partial charge on any atom is 0.304 e. The Morgan fingerprint density at radius 1 is 1.17 bits per heavy atom. The molecule has 42 heavy (non-hydrogen) atoms. The van der Waals surface area contributed by atoms with Crippen molar-refractivity contribution in [2.24, 2.45) is 0 Å². The molecular formula is C29H30F2N6O4S. The summed E-state index contributed by atoms with van der Waals surface area (Å²) >= 11 is 0. The topological polar surface area (TPSA) is 121 Å². The third-order valence-electron chi connectivity index (χ3n) is 8.40. The van der Waals surface area contributed by atoms with E-state index in [1.54, 1.807) is 31.3 Å². The van der Waals surface area contributed by atoms with E-state index in [0.717, 1.165) is 30.5 Å². The smallest absolute Gasteiger partial charge is 0.304 e. The van der Waals surface area contributed by atoms with Gasteiger partial charge in [0.1, 0.15) is 10.7 Å². The number of pyridine rings is 2. The molecule has 10 nitrogen and oxygen atoms in total. The Morgan fingerprint density at radius 2 is 1.98 bits per heavy atom. The van der Waals surface area contributed by atoms with Crippen molar-refractivity contribution in [3.8, 4) is 0 Å².